The molecular weight excluding hydrogens is 305 g/mol. The van der Waals surface area contributed by atoms with Gasteiger partial charge in [-0.15, -0.1) is 0 Å². The molecule has 0 fully saturated rings. The zero-order chi connectivity index (χ0) is 11.3. The number of carboxylic acid groups (broad SMARTS) is 1. The smallest absolute Gasteiger partial charge is 0.304 e. The molecule has 1 rings (SSSR count). The summed E-state index contributed by atoms with van der Waals surface area (Å²) in [5, 5.41) is 8.69. The maximum absolute atomic E-state index is 10.6. The van der Waals surface area contributed by atoms with E-state index in [0.29, 0.717) is 0 Å². The van der Waals surface area contributed by atoms with Gasteiger partial charge in [-0.1, -0.05) is 29.8 Å². The summed E-state index contributed by atoms with van der Waals surface area (Å²) in [4.78, 5) is 10.6. The molecule has 82 valence electrons. The Bertz CT molecular complexity index is 324. The van der Waals surface area contributed by atoms with Crippen LogP contribution >= 0.6 is 22.9 Å². The summed E-state index contributed by atoms with van der Waals surface area (Å²) in [5.41, 5.74) is 2.38. The predicted octanol–water partition coefficient (Wildman–Crippen LogP) is 2.32. The number of carbonyl (C=O) groups is 1. The second-order valence-corrected chi connectivity index (χ2v) is 4.22. The number of halogens is 1. The number of nitrogens with one attached hydrogen (secondary N) is 1. The Morgan fingerprint density at radius 2 is 2.07 bits per heavy atom. The van der Waals surface area contributed by atoms with Crippen LogP contribution in [0.25, 0.3) is 0 Å². The topological polar surface area (TPSA) is 49.3 Å². The van der Waals surface area contributed by atoms with Crippen molar-refractivity contribution in [3.8, 4) is 0 Å². The van der Waals surface area contributed by atoms with E-state index >= 15 is 0 Å². The van der Waals surface area contributed by atoms with Crippen LogP contribution in [-0.4, -0.2) is 17.1 Å². The van der Waals surface area contributed by atoms with Gasteiger partial charge >= 0.3 is 5.97 Å². The Kier molecular flexibility index (Phi) is 5.04. The van der Waals surface area contributed by atoms with Crippen LogP contribution in [0.4, 0.5) is 0 Å². The molecule has 15 heavy (non-hydrogen) atoms. The highest BCUT2D eigenvalue weighted by molar-refractivity contribution is 14.1. The minimum absolute atomic E-state index is 0.00851. The molecule has 4 heteroatoms. The molecule has 0 saturated carbocycles. The molecule has 3 nitrogen and oxygen atoms in total. The minimum atomic E-state index is -0.767. The zero-order valence-corrected chi connectivity index (χ0v) is 10.7. The van der Waals surface area contributed by atoms with E-state index in [-0.39, 0.29) is 12.5 Å². The summed E-state index contributed by atoms with van der Waals surface area (Å²) < 4.78 is 2.99. The van der Waals surface area contributed by atoms with Crippen LogP contribution in [0.1, 0.15) is 17.5 Å². The van der Waals surface area contributed by atoms with Crippen LogP contribution in [0.2, 0.25) is 0 Å². The second kappa shape index (κ2) is 6.07. The van der Waals surface area contributed by atoms with Crippen molar-refractivity contribution in [2.45, 2.75) is 25.8 Å². The largest absolute Gasteiger partial charge is 0.481 e. The molecule has 0 heterocycles. The molecule has 0 aliphatic rings. The van der Waals surface area contributed by atoms with E-state index in [4.69, 9.17) is 5.11 Å². The maximum Gasteiger partial charge on any atom is 0.304 e. The maximum atomic E-state index is 10.6. The molecule has 1 unspecified atom stereocenters. The number of rotatable bonds is 5. The lowest BCUT2D eigenvalue weighted by atomic mass is 10.0. The van der Waals surface area contributed by atoms with Crippen LogP contribution in [0, 0.1) is 6.92 Å². The predicted molar refractivity (Wildman–Crippen MR) is 68.1 cm³/mol. The summed E-state index contributed by atoms with van der Waals surface area (Å²) in [6, 6.07) is 8.16. The summed E-state index contributed by atoms with van der Waals surface area (Å²) in [6.45, 7) is 2.04. The van der Waals surface area contributed by atoms with Crippen molar-refractivity contribution in [3.63, 3.8) is 0 Å². The lowest BCUT2D eigenvalue weighted by Gasteiger charge is -2.12. The Morgan fingerprint density at radius 3 is 2.53 bits per heavy atom. The van der Waals surface area contributed by atoms with E-state index in [1.165, 1.54) is 5.56 Å². The van der Waals surface area contributed by atoms with Gasteiger partial charge in [0.2, 0.25) is 0 Å². The number of hydrogen-bond donors (Lipinski definition) is 2. The molecule has 1 atom stereocenters. The number of carboxylic acids is 1. The number of hydrogen-bond acceptors (Lipinski definition) is 2. The number of aryl methyl sites for hydroxylation is 1. The Morgan fingerprint density at radius 1 is 1.47 bits per heavy atom. The third-order valence-electron chi connectivity index (χ3n) is 2.18. The van der Waals surface area contributed by atoms with Crippen molar-refractivity contribution >= 4 is 28.8 Å². The van der Waals surface area contributed by atoms with Gasteiger partial charge in [0, 0.05) is 28.9 Å². The van der Waals surface area contributed by atoms with Crippen LogP contribution in [0.3, 0.4) is 0 Å². The molecule has 1 aromatic carbocycles. The van der Waals surface area contributed by atoms with Crippen molar-refractivity contribution in [2.24, 2.45) is 0 Å². The fraction of sp³-hybridized carbons (Fsp3) is 0.364. The van der Waals surface area contributed by atoms with Gasteiger partial charge in [0.25, 0.3) is 0 Å². The normalized spacial score (nSPS) is 12.4. The van der Waals surface area contributed by atoms with Crippen LogP contribution in [0.15, 0.2) is 24.3 Å². The zero-order valence-electron chi connectivity index (χ0n) is 8.53. The lowest BCUT2D eigenvalue weighted by molar-refractivity contribution is -0.137. The first-order chi connectivity index (χ1) is 7.11. The van der Waals surface area contributed by atoms with Crippen LogP contribution in [0.5, 0.6) is 0 Å². The van der Waals surface area contributed by atoms with Crippen molar-refractivity contribution in [2.75, 3.05) is 0 Å². The van der Waals surface area contributed by atoms with E-state index in [1.807, 2.05) is 54.1 Å². The summed E-state index contributed by atoms with van der Waals surface area (Å²) >= 11 is 2.00. The van der Waals surface area contributed by atoms with Crippen molar-refractivity contribution in [1.29, 1.82) is 0 Å². The lowest BCUT2D eigenvalue weighted by Crippen LogP contribution is -2.26. The Balaban J connectivity index is 2.58. The van der Waals surface area contributed by atoms with Gasteiger partial charge in [0.15, 0.2) is 0 Å². The van der Waals surface area contributed by atoms with Crippen LogP contribution in [-0.2, 0) is 11.2 Å². The molecular formula is C11H14INO2. The average molecular weight is 319 g/mol. The fourth-order valence-corrected chi connectivity index (χ4v) is 1.81. The Labute approximate surface area is 103 Å². The summed E-state index contributed by atoms with van der Waals surface area (Å²) in [7, 11) is 0. The summed E-state index contributed by atoms with van der Waals surface area (Å²) in [5.74, 6) is -0.767. The third kappa shape index (κ3) is 4.61. The highest BCUT2D eigenvalue weighted by atomic mass is 127. The van der Waals surface area contributed by atoms with E-state index < -0.39 is 5.97 Å². The van der Waals surface area contributed by atoms with E-state index in [0.717, 1.165) is 12.0 Å². The molecule has 0 aliphatic heterocycles. The number of benzene rings is 1. The van der Waals surface area contributed by atoms with Gasteiger partial charge in [-0.2, -0.15) is 0 Å². The van der Waals surface area contributed by atoms with E-state index in [9.17, 15) is 4.79 Å². The highest BCUT2D eigenvalue weighted by Gasteiger charge is 2.11. The third-order valence-corrected chi connectivity index (χ3v) is 3.06. The SMILES string of the molecule is Cc1ccc(CC(CC(=O)O)NI)cc1. The molecule has 0 saturated heterocycles. The highest BCUT2D eigenvalue weighted by Crippen LogP contribution is 2.09. The van der Waals surface area contributed by atoms with E-state index in [1.54, 1.807) is 0 Å². The number of aliphatic carboxylic acids is 1. The van der Waals surface area contributed by atoms with Crippen molar-refractivity contribution < 1.29 is 9.90 Å². The standard InChI is InChI=1S/C11H14INO2/c1-8-2-4-9(5-3-8)6-10(13-12)7-11(14)15/h2-5,10,13H,6-7H2,1H3,(H,14,15). The molecule has 0 aromatic heterocycles. The quantitative estimate of drug-likeness (QED) is 0.647. The molecule has 0 aliphatic carbocycles. The second-order valence-electron chi connectivity index (χ2n) is 3.59. The molecule has 0 bridgehead atoms. The first kappa shape index (κ1) is 12.4. The van der Waals surface area contributed by atoms with Gasteiger partial charge < -0.3 is 5.11 Å². The first-order valence-electron chi connectivity index (χ1n) is 4.75. The first-order valence-corrected chi connectivity index (χ1v) is 5.83. The summed E-state index contributed by atoms with van der Waals surface area (Å²) in [6.07, 6.45) is 0.895. The fourth-order valence-electron chi connectivity index (χ4n) is 1.37. The minimum Gasteiger partial charge on any atom is -0.481 e. The Hall–Kier alpha value is -0.620. The van der Waals surface area contributed by atoms with Crippen LogP contribution < -0.4 is 3.53 Å². The molecule has 2 N–H and O–H groups in total. The van der Waals surface area contributed by atoms with Gasteiger partial charge in [0.05, 0.1) is 6.42 Å². The van der Waals surface area contributed by atoms with Crippen molar-refractivity contribution in [3.05, 3.63) is 35.4 Å². The average Bonchev–Trinajstić information content (AvgIpc) is 2.19. The monoisotopic (exact) mass is 319 g/mol. The molecule has 0 spiro atoms. The van der Waals surface area contributed by atoms with Gasteiger partial charge in [-0.25, -0.2) is 0 Å². The van der Waals surface area contributed by atoms with Gasteiger partial charge in [-0.3, -0.25) is 8.32 Å². The van der Waals surface area contributed by atoms with Gasteiger partial charge in [0.1, 0.15) is 0 Å². The molecule has 0 amide bonds. The van der Waals surface area contributed by atoms with Gasteiger partial charge in [-0.05, 0) is 18.9 Å². The van der Waals surface area contributed by atoms with Crippen molar-refractivity contribution in [1.82, 2.24) is 3.53 Å². The van der Waals surface area contributed by atoms with E-state index in [2.05, 4.69) is 3.53 Å². The molecule has 1 aromatic rings. The molecule has 0 radical (unpaired) electrons.